The number of hydrogen-bond donors (Lipinski definition) is 1. The zero-order valence-electron chi connectivity index (χ0n) is 14.6. The van der Waals surface area contributed by atoms with Crippen LogP contribution in [-0.4, -0.2) is 41.2 Å². The van der Waals surface area contributed by atoms with Crippen LogP contribution in [-0.2, 0) is 9.53 Å². The molecule has 1 unspecified atom stereocenters. The van der Waals surface area contributed by atoms with Crippen LogP contribution in [0.5, 0.6) is 17.2 Å². The topological polar surface area (TPSA) is 90.8 Å². The maximum atomic E-state index is 12.0. The molecule has 1 aromatic heterocycles. The predicted octanol–water partition coefficient (Wildman–Crippen LogP) is 3.11. The number of benzene rings is 2. The molecule has 0 radical (unpaired) electrons. The van der Waals surface area contributed by atoms with Gasteiger partial charge in [-0.3, -0.25) is 4.79 Å². The molecule has 0 aliphatic heterocycles. The number of aromatic hydroxyl groups is 1. The molecule has 0 fully saturated rings. The number of carbonyl (C=O) groups is 1. The fraction of sp³-hybridized carbons (Fsp3) is 0.278. The molecular weight excluding hydrogens is 356 g/mol. The molecule has 0 amide bonds. The van der Waals surface area contributed by atoms with E-state index in [4.69, 9.17) is 14.2 Å². The quantitative estimate of drug-likeness (QED) is 0.663. The van der Waals surface area contributed by atoms with Crippen molar-refractivity contribution in [3.63, 3.8) is 0 Å². The Morgan fingerprint density at radius 2 is 1.88 bits per heavy atom. The third-order valence-electron chi connectivity index (χ3n) is 4.20. The van der Waals surface area contributed by atoms with E-state index in [1.54, 1.807) is 38.5 Å². The van der Waals surface area contributed by atoms with Crippen LogP contribution in [0.1, 0.15) is 23.5 Å². The second-order valence-corrected chi connectivity index (χ2v) is 6.11. The van der Waals surface area contributed by atoms with Gasteiger partial charge in [0.05, 0.1) is 39.5 Å². The van der Waals surface area contributed by atoms with Gasteiger partial charge >= 0.3 is 5.97 Å². The van der Waals surface area contributed by atoms with E-state index < -0.39 is 11.9 Å². The van der Waals surface area contributed by atoms with E-state index in [1.807, 2.05) is 6.07 Å². The standard InChI is InChI=1S/C18H18N2O5S/c1-23-14-7-4-10(8-15(14)24-2)11(9-16(22)25-3)17-13(21)6-5-12-18(17)20-26-19-12/h4-8,11,21H,9H2,1-3H3. The molecule has 1 atom stereocenters. The van der Waals surface area contributed by atoms with Gasteiger partial charge in [-0.05, 0) is 29.8 Å². The molecule has 8 heteroatoms. The fourth-order valence-electron chi connectivity index (χ4n) is 2.91. The van der Waals surface area contributed by atoms with Crippen molar-refractivity contribution in [2.75, 3.05) is 21.3 Å². The first kappa shape index (κ1) is 17.9. The second-order valence-electron chi connectivity index (χ2n) is 5.58. The van der Waals surface area contributed by atoms with Crippen molar-refractivity contribution in [1.82, 2.24) is 8.75 Å². The molecule has 0 aliphatic carbocycles. The number of methoxy groups -OCH3 is 3. The van der Waals surface area contributed by atoms with Gasteiger partial charge in [-0.2, -0.15) is 8.75 Å². The zero-order chi connectivity index (χ0) is 18.7. The van der Waals surface area contributed by atoms with E-state index in [0.717, 1.165) is 17.3 Å². The number of carbonyl (C=O) groups excluding carboxylic acids is 1. The average Bonchev–Trinajstić information content (AvgIpc) is 3.14. The monoisotopic (exact) mass is 374 g/mol. The molecule has 26 heavy (non-hydrogen) atoms. The van der Waals surface area contributed by atoms with Crippen molar-refractivity contribution in [3.8, 4) is 17.2 Å². The lowest BCUT2D eigenvalue weighted by molar-refractivity contribution is -0.140. The Balaban J connectivity index is 2.18. The highest BCUT2D eigenvalue weighted by atomic mass is 32.1. The normalized spacial score (nSPS) is 12.0. The molecule has 1 heterocycles. The molecule has 0 saturated heterocycles. The zero-order valence-corrected chi connectivity index (χ0v) is 15.4. The molecule has 0 saturated carbocycles. The van der Waals surface area contributed by atoms with Gasteiger partial charge in [0.2, 0.25) is 0 Å². The minimum atomic E-state index is -0.477. The fourth-order valence-corrected chi connectivity index (χ4v) is 3.46. The van der Waals surface area contributed by atoms with Gasteiger partial charge in [0.1, 0.15) is 16.8 Å². The van der Waals surface area contributed by atoms with E-state index in [1.165, 1.54) is 7.11 Å². The van der Waals surface area contributed by atoms with Crippen LogP contribution >= 0.6 is 11.7 Å². The Morgan fingerprint density at radius 3 is 2.58 bits per heavy atom. The average molecular weight is 374 g/mol. The highest BCUT2D eigenvalue weighted by Gasteiger charge is 2.26. The van der Waals surface area contributed by atoms with Crippen molar-refractivity contribution >= 4 is 28.7 Å². The summed E-state index contributed by atoms with van der Waals surface area (Å²) in [6.07, 6.45) is 0.0379. The number of aromatic nitrogens is 2. The highest BCUT2D eigenvalue weighted by molar-refractivity contribution is 7.00. The largest absolute Gasteiger partial charge is 0.508 e. The number of nitrogens with zero attached hydrogens (tertiary/aromatic N) is 2. The van der Waals surface area contributed by atoms with Crippen molar-refractivity contribution in [3.05, 3.63) is 41.5 Å². The number of ether oxygens (including phenoxy) is 3. The smallest absolute Gasteiger partial charge is 0.306 e. The summed E-state index contributed by atoms with van der Waals surface area (Å²) in [7, 11) is 4.43. The maximum Gasteiger partial charge on any atom is 0.306 e. The van der Waals surface area contributed by atoms with E-state index in [9.17, 15) is 9.90 Å². The predicted molar refractivity (Wildman–Crippen MR) is 97.1 cm³/mol. The van der Waals surface area contributed by atoms with Gasteiger partial charge in [0, 0.05) is 11.5 Å². The number of phenols is 1. The van der Waals surface area contributed by atoms with Crippen LogP contribution in [0.3, 0.4) is 0 Å². The summed E-state index contributed by atoms with van der Waals surface area (Å²) < 4.78 is 24.0. The molecule has 0 bridgehead atoms. The second kappa shape index (κ2) is 7.57. The number of esters is 1. The summed E-state index contributed by atoms with van der Waals surface area (Å²) in [6, 6.07) is 8.62. The van der Waals surface area contributed by atoms with Crippen LogP contribution < -0.4 is 9.47 Å². The van der Waals surface area contributed by atoms with Crippen molar-refractivity contribution in [1.29, 1.82) is 0 Å². The number of hydrogen-bond acceptors (Lipinski definition) is 8. The Kier molecular flexibility index (Phi) is 5.22. The number of fused-ring (bicyclic) bond motifs is 1. The molecule has 0 spiro atoms. The van der Waals surface area contributed by atoms with Crippen LogP contribution in [0, 0.1) is 0 Å². The Morgan fingerprint density at radius 1 is 1.12 bits per heavy atom. The van der Waals surface area contributed by atoms with Crippen LogP contribution in [0.25, 0.3) is 11.0 Å². The molecule has 2 aromatic carbocycles. The van der Waals surface area contributed by atoms with Crippen LogP contribution in [0.2, 0.25) is 0 Å². The Labute approximate surface area is 154 Å². The van der Waals surface area contributed by atoms with E-state index >= 15 is 0 Å². The first-order chi connectivity index (χ1) is 12.6. The summed E-state index contributed by atoms with van der Waals surface area (Å²) in [5, 5.41) is 10.5. The van der Waals surface area contributed by atoms with Crippen LogP contribution in [0.4, 0.5) is 0 Å². The van der Waals surface area contributed by atoms with E-state index in [0.29, 0.717) is 28.1 Å². The van der Waals surface area contributed by atoms with Gasteiger partial charge < -0.3 is 19.3 Å². The van der Waals surface area contributed by atoms with E-state index in [2.05, 4.69) is 8.75 Å². The first-order valence-electron chi connectivity index (χ1n) is 7.82. The maximum absolute atomic E-state index is 12.0. The van der Waals surface area contributed by atoms with E-state index in [-0.39, 0.29) is 12.2 Å². The lowest BCUT2D eigenvalue weighted by Crippen LogP contribution is -2.11. The van der Waals surface area contributed by atoms with Gasteiger partial charge in [-0.25, -0.2) is 0 Å². The summed E-state index contributed by atoms with van der Waals surface area (Å²) >= 11 is 1.05. The van der Waals surface area contributed by atoms with Gasteiger partial charge in [0.25, 0.3) is 0 Å². The summed E-state index contributed by atoms with van der Waals surface area (Å²) in [5.74, 6) is 0.280. The number of rotatable bonds is 6. The molecule has 1 N–H and O–H groups in total. The Hall–Kier alpha value is -2.87. The summed E-state index contributed by atoms with van der Waals surface area (Å²) in [5.41, 5.74) is 2.54. The SMILES string of the molecule is COC(=O)CC(c1ccc(OC)c(OC)c1)c1c(O)ccc2nsnc12. The molecular formula is C18H18N2O5S. The highest BCUT2D eigenvalue weighted by Crippen LogP contribution is 2.41. The van der Waals surface area contributed by atoms with Crippen molar-refractivity contribution < 1.29 is 24.1 Å². The van der Waals surface area contributed by atoms with Crippen LogP contribution in [0.15, 0.2) is 30.3 Å². The van der Waals surface area contributed by atoms with Crippen molar-refractivity contribution in [2.24, 2.45) is 0 Å². The summed E-state index contributed by atoms with van der Waals surface area (Å²) in [4.78, 5) is 12.0. The minimum Gasteiger partial charge on any atom is -0.508 e. The third-order valence-corrected chi connectivity index (χ3v) is 4.74. The van der Waals surface area contributed by atoms with Crippen molar-refractivity contribution in [2.45, 2.75) is 12.3 Å². The minimum absolute atomic E-state index is 0.0379. The first-order valence-corrected chi connectivity index (χ1v) is 8.55. The Bertz CT molecular complexity index is 940. The molecule has 3 rings (SSSR count). The van der Waals surface area contributed by atoms with Gasteiger partial charge in [0.15, 0.2) is 11.5 Å². The van der Waals surface area contributed by atoms with Gasteiger partial charge in [-0.1, -0.05) is 6.07 Å². The summed E-state index contributed by atoms with van der Waals surface area (Å²) in [6.45, 7) is 0. The molecule has 3 aromatic rings. The lowest BCUT2D eigenvalue weighted by atomic mass is 9.87. The molecule has 0 aliphatic rings. The molecule has 136 valence electrons. The molecule has 7 nitrogen and oxygen atoms in total. The number of phenolic OH excluding ortho intramolecular Hbond substituents is 1. The third kappa shape index (κ3) is 3.28. The van der Waals surface area contributed by atoms with Gasteiger partial charge in [-0.15, -0.1) is 0 Å². The lowest BCUT2D eigenvalue weighted by Gasteiger charge is -2.20.